The van der Waals surface area contributed by atoms with Gasteiger partial charge in [0.1, 0.15) is 0 Å². The van der Waals surface area contributed by atoms with E-state index in [0.717, 1.165) is 36.5 Å². The van der Waals surface area contributed by atoms with Gasteiger partial charge in [-0.15, -0.1) is 0 Å². The van der Waals surface area contributed by atoms with E-state index < -0.39 is 16.4 Å². The SMILES string of the molecule is CS(=O)c1cnn(CC(=O)[C@H]2[C@H]3C[C@H]3[C@H]3C4CC[C@@H]5C[C@](C)(O)CCC5[C@H]4CCC32C)c1. The summed E-state index contributed by atoms with van der Waals surface area (Å²) in [7, 11) is -1.06. The maximum absolute atomic E-state index is 13.6. The van der Waals surface area contributed by atoms with Crippen molar-refractivity contribution in [2.24, 2.45) is 52.8 Å². The molecule has 5 aliphatic carbocycles. The summed E-state index contributed by atoms with van der Waals surface area (Å²) in [6.45, 7) is 4.80. The van der Waals surface area contributed by atoms with Gasteiger partial charge >= 0.3 is 0 Å². The molecule has 0 radical (unpaired) electrons. The summed E-state index contributed by atoms with van der Waals surface area (Å²) in [4.78, 5) is 14.3. The zero-order valence-electron chi connectivity index (χ0n) is 19.7. The van der Waals surface area contributed by atoms with E-state index in [0.29, 0.717) is 35.0 Å². The normalized spacial score (nSPS) is 50.0. The fourth-order valence-electron chi connectivity index (χ4n) is 9.49. The van der Waals surface area contributed by atoms with E-state index in [1.807, 2.05) is 6.92 Å². The highest BCUT2D eigenvalue weighted by atomic mass is 32.2. The summed E-state index contributed by atoms with van der Waals surface area (Å²) in [6.07, 6.45) is 14.5. The number of aromatic nitrogens is 2. The van der Waals surface area contributed by atoms with Gasteiger partial charge in [-0.25, -0.2) is 0 Å². The molecular weight excluding hydrogens is 420 g/mol. The Hall–Kier alpha value is -1.01. The van der Waals surface area contributed by atoms with Crippen LogP contribution in [0.25, 0.3) is 0 Å². The molecule has 5 fully saturated rings. The van der Waals surface area contributed by atoms with E-state index in [4.69, 9.17) is 0 Å². The molecule has 5 aliphatic rings. The Morgan fingerprint density at radius 3 is 2.66 bits per heavy atom. The van der Waals surface area contributed by atoms with Gasteiger partial charge in [0.2, 0.25) is 0 Å². The van der Waals surface area contributed by atoms with Gasteiger partial charge in [-0.05, 0) is 105 Å². The lowest BCUT2D eigenvalue weighted by Gasteiger charge is -2.57. The molecule has 1 aromatic heterocycles. The molecular formula is C26H38N2O3S. The highest BCUT2D eigenvalue weighted by molar-refractivity contribution is 7.84. The number of ketones is 1. The maximum atomic E-state index is 13.6. The monoisotopic (exact) mass is 458 g/mol. The Morgan fingerprint density at radius 2 is 1.91 bits per heavy atom. The first kappa shape index (κ1) is 21.5. The minimum absolute atomic E-state index is 0.141. The van der Waals surface area contributed by atoms with Crippen molar-refractivity contribution in [1.82, 2.24) is 9.78 Å². The lowest BCUT2D eigenvalue weighted by Crippen LogP contribution is -2.52. The Morgan fingerprint density at radius 1 is 1.12 bits per heavy atom. The number of fused-ring (bicyclic) bond motifs is 7. The molecule has 0 saturated heterocycles. The molecule has 176 valence electrons. The molecule has 0 aliphatic heterocycles. The molecule has 5 nitrogen and oxygen atoms in total. The van der Waals surface area contributed by atoms with Crippen molar-refractivity contribution >= 4 is 16.6 Å². The third kappa shape index (κ3) is 3.22. The molecule has 0 aromatic carbocycles. The van der Waals surface area contributed by atoms with Crippen molar-refractivity contribution in [3.8, 4) is 0 Å². The van der Waals surface area contributed by atoms with Gasteiger partial charge in [0.25, 0.3) is 0 Å². The van der Waals surface area contributed by atoms with Gasteiger partial charge in [-0.2, -0.15) is 5.10 Å². The van der Waals surface area contributed by atoms with Crippen LogP contribution in [0.2, 0.25) is 0 Å². The van der Waals surface area contributed by atoms with Gasteiger partial charge in [0, 0.05) is 18.4 Å². The van der Waals surface area contributed by atoms with Crippen LogP contribution in [0.5, 0.6) is 0 Å². The van der Waals surface area contributed by atoms with Crippen molar-refractivity contribution in [2.75, 3.05) is 6.26 Å². The Balaban J connectivity index is 1.21. The van der Waals surface area contributed by atoms with Gasteiger partial charge in [0.05, 0.1) is 34.0 Å². The van der Waals surface area contributed by atoms with Crippen LogP contribution < -0.4 is 0 Å². The summed E-state index contributed by atoms with van der Waals surface area (Å²) in [6, 6.07) is 0. The standard InChI is InChI=1S/C26H38N2O3S/c1-25(30)8-6-17-15(11-25)4-5-19-18(17)7-9-26(2)23(19)20-10-21(20)24(26)22(29)14-28-13-16(12-27-28)32(3)31/h12-13,15,17-21,23-24,30H,4-11,14H2,1-3H3/t15-,17?,18-,19?,20-,21+,23-,24-,25-,26?,32?/m1/s1. The van der Waals surface area contributed by atoms with E-state index in [-0.39, 0.29) is 11.3 Å². The fourth-order valence-corrected chi connectivity index (χ4v) is 9.96. The lowest BCUT2D eigenvalue weighted by molar-refractivity contribution is -0.136. The molecule has 0 spiro atoms. The van der Waals surface area contributed by atoms with Crippen molar-refractivity contribution in [3.05, 3.63) is 12.4 Å². The Kier molecular flexibility index (Phi) is 4.87. The van der Waals surface area contributed by atoms with Crippen LogP contribution in [0.4, 0.5) is 0 Å². The van der Waals surface area contributed by atoms with Crippen LogP contribution in [-0.2, 0) is 22.1 Å². The van der Waals surface area contributed by atoms with E-state index in [1.54, 1.807) is 23.3 Å². The smallest absolute Gasteiger partial charge is 0.158 e. The predicted molar refractivity (Wildman–Crippen MR) is 123 cm³/mol. The van der Waals surface area contributed by atoms with Gasteiger partial charge < -0.3 is 5.11 Å². The van der Waals surface area contributed by atoms with Crippen LogP contribution in [-0.4, -0.2) is 36.7 Å². The third-order valence-corrected chi connectivity index (χ3v) is 11.5. The van der Waals surface area contributed by atoms with Crippen LogP contribution in [0.1, 0.15) is 65.2 Å². The maximum Gasteiger partial charge on any atom is 0.158 e. The minimum Gasteiger partial charge on any atom is -0.390 e. The number of carbonyl (C=O) groups is 1. The quantitative estimate of drug-likeness (QED) is 0.738. The zero-order chi connectivity index (χ0) is 22.4. The van der Waals surface area contributed by atoms with Crippen LogP contribution in [0, 0.1) is 52.8 Å². The molecule has 1 heterocycles. The molecule has 11 atom stereocenters. The fraction of sp³-hybridized carbons (Fsp3) is 0.846. The summed E-state index contributed by atoms with van der Waals surface area (Å²) in [5, 5.41) is 15.0. The molecule has 1 aromatic rings. The minimum atomic E-state index is -1.06. The molecule has 5 saturated carbocycles. The molecule has 6 heteroatoms. The van der Waals surface area contributed by atoms with Crippen LogP contribution >= 0.6 is 0 Å². The molecule has 6 rings (SSSR count). The first-order valence-corrected chi connectivity index (χ1v) is 14.3. The topological polar surface area (TPSA) is 72.2 Å². The lowest BCUT2D eigenvalue weighted by atomic mass is 9.48. The Bertz CT molecular complexity index is 957. The number of nitrogens with zero attached hydrogens (tertiary/aromatic N) is 2. The highest BCUT2D eigenvalue weighted by Crippen LogP contribution is 2.74. The second kappa shape index (κ2) is 7.24. The average molecular weight is 459 g/mol. The van der Waals surface area contributed by atoms with Crippen LogP contribution in [0.15, 0.2) is 17.3 Å². The number of aliphatic hydroxyl groups is 1. The first-order valence-electron chi connectivity index (χ1n) is 12.8. The average Bonchev–Trinajstić information content (AvgIpc) is 3.21. The predicted octanol–water partition coefficient (Wildman–Crippen LogP) is 4.07. The summed E-state index contributed by atoms with van der Waals surface area (Å²) in [5.41, 5.74) is -0.317. The van der Waals surface area contributed by atoms with Gasteiger partial charge in [-0.1, -0.05) is 6.92 Å². The van der Waals surface area contributed by atoms with Crippen molar-refractivity contribution < 1.29 is 14.1 Å². The first-order chi connectivity index (χ1) is 15.2. The van der Waals surface area contributed by atoms with Gasteiger partial charge in [-0.3, -0.25) is 13.7 Å². The molecule has 0 amide bonds. The molecule has 1 N–H and O–H groups in total. The second-order valence-corrected chi connectivity index (χ2v) is 13.9. The number of carbonyl (C=O) groups excluding carboxylic acids is 1. The Labute approximate surface area is 194 Å². The van der Waals surface area contributed by atoms with E-state index in [9.17, 15) is 14.1 Å². The third-order valence-electron chi connectivity index (χ3n) is 10.6. The van der Waals surface area contributed by atoms with Crippen molar-refractivity contribution in [2.45, 2.75) is 82.3 Å². The summed E-state index contributed by atoms with van der Waals surface area (Å²) in [5.74, 6) is 5.65. The van der Waals surface area contributed by atoms with Crippen molar-refractivity contribution in [3.63, 3.8) is 0 Å². The number of hydrogen-bond donors (Lipinski definition) is 1. The van der Waals surface area contributed by atoms with E-state index in [1.165, 1.54) is 38.5 Å². The zero-order valence-corrected chi connectivity index (χ0v) is 20.5. The summed E-state index contributed by atoms with van der Waals surface area (Å²) >= 11 is 0. The molecule has 32 heavy (non-hydrogen) atoms. The molecule has 4 unspecified atom stereocenters. The van der Waals surface area contributed by atoms with Crippen LogP contribution in [0.3, 0.4) is 0 Å². The number of Topliss-reactive ketones (excluding diaryl/α,β-unsaturated/α-hetero) is 1. The van der Waals surface area contributed by atoms with Gasteiger partial charge in [0.15, 0.2) is 5.78 Å². The molecule has 0 bridgehead atoms. The van der Waals surface area contributed by atoms with E-state index in [2.05, 4.69) is 12.0 Å². The second-order valence-electron chi connectivity index (χ2n) is 12.5. The van der Waals surface area contributed by atoms with Crippen molar-refractivity contribution in [1.29, 1.82) is 0 Å². The largest absolute Gasteiger partial charge is 0.390 e. The highest BCUT2D eigenvalue weighted by Gasteiger charge is 2.70. The van der Waals surface area contributed by atoms with E-state index >= 15 is 0 Å². The number of rotatable bonds is 4. The summed E-state index contributed by atoms with van der Waals surface area (Å²) < 4.78 is 13.4. The number of hydrogen-bond acceptors (Lipinski definition) is 4.